The number of anilines is 2. The minimum Gasteiger partial charge on any atom is -0.469 e. The molecular weight excluding hydrogens is 302 g/mol. The van der Waals surface area contributed by atoms with E-state index in [0.29, 0.717) is 24.4 Å². The number of carbonyl (C=O) groups is 1. The molecule has 0 amide bonds. The highest BCUT2D eigenvalue weighted by atomic mass is 16.3. The van der Waals surface area contributed by atoms with Crippen LogP contribution in [-0.2, 0) is 6.42 Å². The lowest BCUT2D eigenvalue weighted by molar-refractivity contribution is 0.0958. The summed E-state index contributed by atoms with van der Waals surface area (Å²) in [6.07, 6.45) is 2.76. The molecule has 0 unspecified atom stereocenters. The molecule has 5 nitrogen and oxygen atoms in total. The van der Waals surface area contributed by atoms with Crippen molar-refractivity contribution >= 4 is 17.4 Å². The Labute approximate surface area is 139 Å². The van der Waals surface area contributed by atoms with E-state index in [1.54, 1.807) is 6.26 Å². The van der Waals surface area contributed by atoms with E-state index >= 15 is 0 Å². The van der Waals surface area contributed by atoms with Gasteiger partial charge in [-0.05, 0) is 31.2 Å². The van der Waals surface area contributed by atoms with Crippen LogP contribution in [0.15, 0.2) is 53.1 Å². The fourth-order valence-electron chi connectivity index (χ4n) is 3.21. The van der Waals surface area contributed by atoms with Gasteiger partial charge in [0, 0.05) is 24.4 Å². The molecule has 0 saturated carbocycles. The number of ketones is 1. The van der Waals surface area contributed by atoms with E-state index in [-0.39, 0.29) is 11.7 Å². The number of aromatic nitrogens is 2. The predicted octanol–water partition coefficient (Wildman–Crippen LogP) is 4.03. The molecule has 1 aliphatic carbocycles. The number of carbonyl (C=O) groups excluding carboxylic acids is 1. The van der Waals surface area contributed by atoms with Gasteiger partial charge in [-0.25, -0.2) is 9.97 Å². The van der Waals surface area contributed by atoms with Crippen LogP contribution in [0.5, 0.6) is 0 Å². The smallest absolute Gasteiger partial charge is 0.227 e. The summed E-state index contributed by atoms with van der Waals surface area (Å²) in [6, 6.07) is 13.5. The molecule has 0 bridgehead atoms. The van der Waals surface area contributed by atoms with Crippen LogP contribution >= 0.6 is 0 Å². The molecule has 1 N–H and O–H groups in total. The molecule has 4 rings (SSSR count). The second-order valence-corrected chi connectivity index (χ2v) is 5.99. The Morgan fingerprint density at radius 3 is 2.67 bits per heavy atom. The van der Waals surface area contributed by atoms with Crippen molar-refractivity contribution in [2.45, 2.75) is 25.7 Å². The fourth-order valence-corrected chi connectivity index (χ4v) is 3.21. The molecule has 2 aromatic heterocycles. The number of rotatable bonds is 3. The summed E-state index contributed by atoms with van der Waals surface area (Å²) in [5.41, 5.74) is 3.10. The Morgan fingerprint density at radius 2 is 1.92 bits per heavy atom. The maximum atomic E-state index is 12.5. The van der Waals surface area contributed by atoms with Gasteiger partial charge in [-0.15, -0.1) is 0 Å². The van der Waals surface area contributed by atoms with Crippen molar-refractivity contribution in [3.63, 3.8) is 0 Å². The largest absolute Gasteiger partial charge is 0.469 e. The van der Waals surface area contributed by atoms with Crippen LogP contribution in [0.4, 0.5) is 11.6 Å². The van der Waals surface area contributed by atoms with Crippen molar-refractivity contribution in [1.29, 1.82) is 0 Å². The van der Waals surface area contributed by atoms with Gasteiger partial charge < -0.3 is 9.73 Å². The molecule has 1 atom stereocenters. The summed E-state index contributed by atoms with van der Waals surface area (Å²) >= 11 is 0. The Bertz CT molecular complexity index is 873. The molecule has 3 aromatic rings. The average Bonchev–Trinajstić information content (AvgIpc) is 3.09. The first-order valence-corrected chi connectivity index (χ1v) is 7.97. The summed E-state index contributed by atoms with van der Waals surface area (Å²) in [7, 11) is 0. The van der Waals surface area contributed by atoms with E-state index in [0.717, 1.165) is 22.8 Å². The van der Waals surface area contributed by atoms with Gasteiger partial charge in [0.2, 0.25) is 5.95 Å². The van der Waals surface area contributed by atoms with Gasteiger partial charge in [-0.1, -0.05) is 18.2 Å². The molecule has 24 heavy (non-hydrogen) atoms. The summed E-state index contributed by atoms with van der Waals surface area (Å²) < 4.78 is 5.48. The Morgan fingerprint density at radius 1 is 1.08 bits per heavy atom. The summed E-state index contributed by atoms with van der Waals surface area (Å²) in [6.45, 7) is 1.86. The topological polar surface area (TPSA) is 68.0 Å². The lowest BCUT2D eigenvalue weighted by Crippen LogP contribution is -2.22. The van der Waals surface area contributed by atoms with Crippen LogP contribution < -0.4 is 5.32 Å². The average molecular weight is 319 g/mol. The summed E-state index contributed by atoms with van der Waals surface area (Å²) in [5.74, 6) is 1.48. The number of Topliss-reactive ketones (excluding diaryl/α,β-unsaturated/α-hetero) is 1. The van der Waals surface area contributed by atoms with Crippen molar-refractivity contribution < 1.29 is 9.21 Å². The number of benzene rings is 1. The van der Waals surface area contributed by atoms with Gasteiger partial charge in [0.1, 0.15) is 5.76 Å². The number of hydrogen-bond acceptors (Lipinski definition) is 5. The highest BCUT2D eigenvalue weighted by Crippen LogP contribution is 2.33. The SMILES string of the molecule is Cc1nc(Nc2ccccc2)nc2c1C(=O)C[C@@H](c1ccco1)C2. The van der Waals surface area contributed by atoms with Gasteiger partial charge in [0.15, 0.2) is 5.78 Å². The Kier molecular flexibility index (Phi) is 3.61. The van der Waals surface area contributed by atoms with Crippen LogP contribution in [0.25, 0.3) is 0 Å². The van der Waals surface area contributed by atoms with Gasteiger partial charge in [0.05, 0.1) is 23.2 Å². The quantitative estimate of drug-likeness (QED) is 0.789. The number of para-hydroxylation sites is 1. The van der Waals surface area contributed by atoms with Crippen molar-refractivity contribution in [3.05, 3.63) is 71.4 Å². The number of nitrogens with one attached hydrogen (secondary N) is 1. The van der Waals surface area contributed by atoms with Crippen molar-refractivity contribution in [2.75, 3.05) is 5.32 Å². The van der Waals surface area contributed by atoms with Gasteiger partial charge >= 0.3 is 0 Å². The molecule has 5 heteroatoms. The zero-order chi connectivity index (χ0) is 16.5. The van der Waals surface area contributed by atoms with E-state index in [1.807, 2.05) is 49.4 Å². The maximum absolute atomic E-state index is 12.5. The lowest BCUT2D eigenvalue weighted by atomic mass is 9.84. The lowest BCUT2D eigenvalue weighted by Gasteiger charge is -2.23. The Hall–Kier alpha value is -2.95. The molecule has 0 aliphatic heterocycles. The van der Waals surface area contributed by atoms with Crippen molar-refractivity contribution in [2.24, 2.45) is 0 Å². The van der Waals surface area contributed by atoms with E-state index in [2.05, 4.69) is 15.3 Å². The molecular formula is C19H17N3O2. The normalized spacial score (nSPS) is 16.7. The zero-order valence-electron chi connectivity index (χ0n) is 13.3. The minimum atomic E-state index is 0.0406. The fraction of sp³-hybridized carbons (Fsp3) is 0.211. The summed E-state index contributed by atoms with van der Waals surface area (Å²) in [5, 5.41) is 3.20. The number of hydrogen-bond donors (Lipinski definition) is 1. The third-order valence-electron chi connectivity index (χ3n) is 4.29. The first kappa shape index (κ1) is 14.6. The third-order valence-corrected chi connectivity index (χ3v) is 4.29. The number of aryl methyl sites for hydroxylation is 1. The predicted molar refractivity (Wildman–Crippen MR) is 90.6 cm³/mol. The summed E-state index contributed by atoms with van der Waals surface area (Å²) in [4.78, 5) is 21.6. The maximum Gasteiger partial charge on any atom is 0.227 e. The monoisotopic (exact) mass is 319 g/mol. The first-order valence-electron chi connectivity index (χ1n) is 7.97. The van der Waals surface area contributed by atoms with Gasteiger partial charge in [-0.2, -0.15) is 0 Å². The second kappa shape index (κ2) is 5.92. The molecule has 120 valence electrons. The molecule has 1 aliphatic rings. The van der Waals surface area contributed by atoms with Crippen LogP contribution in [0, 0.1) is 6.92 Å². The number of fused-ring (bicyclic) bond motifs is 1. The molecule has 0 saturated heterocycles. The molecule has 2 heterocycles. The standard InChI is InChI=1S/C19H17N3O2/c1-12-18-15(10-13(11-16(18)23)17-8-5-9-24-17)22-19(20-12)21-14-6-3-2-4-7-14/h2-9,13H,10-11H2,1H3,(H,20,21,22)/t13-/m0/s1. The van der Waals surface area contributed by atoms with Crippen LogP contribution in [0.3, 0.4) is 0 Å². The second-order valence-electron chi connectivity index (χ2n) is 5.99. The number of furan rings is 1. The van der Waals surface area contributed by atoms with E-state index in [9.17, 15) is 4.79 Å². The van der Waals surface area contributed by atoms with E-state index in [4.69, 9.17) is 4.42 Å². The Balaban J connectivity index is 1.68. The first-order chi connectivity index (χ1) is 11.7. The highest BCUT2D eigenvalue weighted by Gasteiger charge is 2.31. The minimum absolute atomic E-state index is 0.0406. The highest BCUT2D eigenvalue weighted by molar-refractivity contribution is 5.99. The number of nitrogens with zero attached hydrogens (tertiary/aromatic N) is 2. The van der Waals surface area contributed by atoms with Crippen LogP contribution in [0.2, 0.25) is 0 Å². The third kappa shape index (κ3) is 2.69. The molecule has 0 radical (unpaired) electrons. The van der Waals surface area contributed by atoms with Crippen molar-refractivity contribution in [1.82, 2.24) is 9.97 Å². The molecule has 1 aromatic carbocycles. The van der Waals surface area contributed by atoms with E-state index in [1.165, 1.54) is 0 Å². The van der Waals surface area contributed by atoms with Gasteiger partial charge in [0.25, 0.3) is 0 Å². The van der Waals surface area contributed by atoms with E-state index < -0.39 is 0 Å². The molecule has 0 spiro atoms. The zero-order valence-corrected chi connectivity index (χ0v) is 13.3. The van der Waals surface area contributed by atoms with Crippen LogP contribution in [-0.4, -0.2) is 15.8 Å². The van der Waals surface area contributed by atoms with Gasteiger partial charge in [-0.3, -0.25) is 4.79 Å². The molecule has 0 fully saturated rings. The van der Waals surface area contributed by atoms with Crippen LogP contribution in [0.1, 0.15) is 39.8 Å². The van der Waals surface area contributed by atoms with Crippen molar-refractivity contribution in [3.8, 4) is 0 Å².